The summed E-state index contributed by atoms with van der Waals surface area (Å²) < 4.78 is 2.37. The van der Waals surface area contributed by atoms with Crippen LogP contribution in [0.15, 0.2) is 23.2 Å². The Bertz CT molecular complexity index is 297. The molecule has 0 radical (unpaired) electrons. The van der Waals surface area contributed by atoms with Gasteiger partial charge in [-0.1, -0.05) is 12.5 Å². The molecule has 1 aliphatic rings. The van der Waals surface area contributed by atoms with Gasteiger partial charge in [0, 0.05) is 13.1 Å². The van der Waals surface area contributed by atoms with Gasteiger partial charge in [0.25, 0.3) is 0 Å². The van der Waals surface area contributed by atoms with E-state index in [2.05, 4.69) is 9.29 Å². The van der Waals surface area contributed by atoms with E-state index in [0.717, 1.165) is 5.03 Å². The lowest BCUT2D eigenvalue weighted by molar-refractivity contribution is 0.380. The average molecular weight is 209 g/mol. The lowest BCUT2D eigenvalue weighted by Crippen LogP contribution is -2.22. The molecule has 2 N–H and O–H groups in total. The number of pyridine rings is 1. The summed E-state index contributed by atoms with van der Waals surface area (Å²) in [4.78, 5) is 4.27. The van der Waals surface area contributed by atoms with E-state index in [4.69, 9.17) is 5.73 Å². The molecule has 0 saturated carbocycles. The largest absolute Gasteiger partial charge is 0.384 e. The van der Waals surface area contributed by atoms with Crippen LogP contribution < -0.4 is 5.73 Å². The molecule has 4 heteroatoms. The Morgan fingerprint density at radius 3 is 2.71 bits per heavy atom. The highest BCUT2D eigenvalue weighted by molar-refractivity contribution is 7.97. The first-order chi connectivity index (χ1) is 6.84. The number of nitrogens with two attached hydrogens (primary N) is 1. The number of rotatable bonds is 2. The van der Waals surface area contributed by atoms with Crippen molar-refractivity contribution in [1.82, 2.24) is 9.29 Å². The minimum absolute atomic E-state index is 0.604. The molecule has 0 bridgehead atoms. The molecule has 0 unspecified atom stereocenters. The van der Waals surface area contributed by atoms with E-state index in [1.807, 2.05) is 18.2 Å². The molecule has 0 atom stereocenters. The number of hydrogen-bond acceptors (Lipinski definition) is 4. The summed E-state index contributed by atoms with van der Waals surface area (Å²) in [5, 5.41) is 1.01. The van der Waals surface area contributed by atoms with Crippen LogP contribution in [-0.4, -0.2) is 22.4 Å². The van der Waals surface area contributed by atoms with Gasteiger partial charge in [-0.15, -0.1) is 0 Å². The second-order valence-corrected chi connectivity index (χ2v) is 4.60. The Kier molecular flexibility index (Phi) is 3.26. The van der Waals surface area contributed by atoms with Crippen LogP contribution in [0.25, 0.3) is 0 Å². The Labute approximate surface area is 88.8 Å². The third kappa shape index (κ3) is 2.62. The quantitative estimate of drug-likeness (QED) is 0.758. The summed E-state index contributed by atoms with van der Waals surface area (Å²) in [5.74, 6) is 0.604. The molecular formula is C10H15N3S. The van der Waals surface area contributed by atoms with Crippen LogP contribution in [0.2, 0.25) is 0 Å². The number of nitrogen functional groups attached to an aromatic ring is 1. The first-order valence-electron chi connectivity index (χ1n) is 5.00. The van der Waals surface area contributed by atoms with Crippen molar-refractivity contribution < 1.29 is 0 Å². The highest BCUT2D eigenvalue weighted by atomic mass is 32.2. The van der Waals surface area contributed by atoms with Gasteiger partial charge in [0.15, 0.2) is 0 Å². The van der Waals surface area contributed by atoms with Gasteiger partial charge in [0.1, 0.15) is 10.8 Å². The fraction of sp³-hybridized carbons (Fsp3) is 0.500. The van der Waals surface area contributed by atoms with Gasteiger partial charge in [-0.25, -0.2) is 9.29 Å². The van der Waals surface area contributed by atoms with E-state index in [0.29, 0.717) is 5.82 Å². The standard InChI is InChI=1S/C10H15N3S/c11-9-5-4-6-10(12-9)14-13-7-2-1-3-8-13/h4-6H,1-3,7-8H2,(H2,11,12). The minimum Gasteiger partial charge on any atom is -0.384 e. The van der Waals surface area contributed by atoms with Gasteiger partial charge in [0.05, 0.1) is 0 Å². The summed E-state index contributed by atoms with van der Waals surface area (Å²) >= 11 is 1.72. The van der Waals surface area contributed by atoms with Crippen LogP contribution in [0.4, 0.5) is 5.82 Å². The monoisotopic (exact) mass is 209 g/mol. The van der Waals surface area contributed by atoms with Crippen LogP contribution in [0.5, 0.6) is 0 Å². The van der Waals surface area contributed by atoms with E-state index in [1.165, 1.54) is 32.4 Å². The third-order valence-electron chi connectivity index (χ3n) is 2.28. The number of hydrogen-bond donors (Lipinski definition) is 1. The van der Waals surface area contributed by atoms with Crippen LogP contribution in [0, 0.1) is 0 Å². The van der Waals surface area contributed by atoms with E-state index in [1.54, 1.807) is 11.9 Å². The average Bonchev–Trinajstić information content (AvgIpc) is 2.19. The topological polar surface area (TPSA) is 42.1 Å². The Hall–Kier alpha value is -0.740. The molecule has 76 valence electrons. The van der Waals surface area contributed by atoms with Crippen molar-refractivity contribution in [3.63, 3.8) is 0 Å². The Morgan fingerprint density at radius 2 is 2.00 bits per heavy atom. The molecule has 14 heavy (non-hydrogen) atoms. The van der Waals surface area contributed by atoms with Gasteiger partial charge in [-0.3, -0.25) is 0 Å². The van der Waals surface area contributed by atoms with E-state index in [9.17, 15) is 0 Å². The van der Waals surface area contributed by atoms with Crippen LogP contribution in [0.1, 0.15) is 19.3 Å². The maximum atomic E-state index is 5.62. The molecule has 1 aromatic rings. The molecular weight excluding hydrogens is 194 g/mol. The molecule has 3 nitrogen and oxygen atoms in total. The maximum absolute atomic E-state index is 5.62. The Morgan fingerprint density at radius 1 is 1.21 bits per heavy atom. The highest BCUT2D eigenvalue weighted by Gasteiger charge is 2.11. The fourth-order valence-electron chi connectivity index (χ4n) is 1.57. The normalized spacial score (nSPS) is 18.3. The smallest absolute Gasteiger partial charge is 0.124 e. The summed E-state index contributed by atoms with van der Waals surface area (Å²) in [5.41, 5.74) is 5.62. The van der Waals surface area contributed by atoms with E-state index in [-0.39, 0.29) is 0 Å². The van der Waals surface area contributed by atoms with Crippen molar-refractivity contribution in [2.45, 2.75) is 24.3 Å². The predicted molar refractivity (Wildman–Crippen MR) is 59.9 cm³/mol. The van der Waals surface area contributed by atoms with Gasteiger partial charge in [-0.2, -0.15) is 0 Å². The second-order valence-electron chi connectivity index (χ2n) is 3.48. The van der Waals surface area contributed by atoms with Gasteiger partial charge >= 0.3 is 0 Å². The highest BCUT2D eigenvalue weighted by Crippen LogP contribution is 2.24. The first kappa shape index (κ1) is 9.80. The summed E-state index contributed by atoms with van der Waals surface area (Å²) in [6.07, 6.45) is 3.96. The van der Waals surface area contributed by atoms with Crippen molar-refractivity contribution in [3.05, 3.63) is 18.2 Å². The van der Waals surface area contributed by atoms with Crippen molar-refractivity contribution >= 4 is 17.8 Å². The molecule has 1 saturated heterocycles. The van der Waals surface area contributed by atoms with Crippen LogP contribution in [0.3, 0.4) is 0 Å². The van der Waals surface area contributed by atoms with Crippen molar-refractivity contribution in [2.24, 2.45) is 0 Å². The lowest BCUT2D eigenvalue weighted by atomic mass is 10.2. The van der Waals surface area contributed by atoms with Gasteiger partial charge in [0.2, 0.25) is 0 Å². The van der Waals surface area contributed by atoms with E-state index < -0.39 is 0 Å². The zero-order valence-electron chi connectivity index (χ0n) is 8.15. The van der Waals surface area contributed by atoms with Crippen molar-refractivity contribution in [3.8, 4) is 0 Å². The molecule has 0 aromatic carbocycles. The van der Waals surface area contributed by atoms with Crippen molar-refractivity contribution in [2.75, 3.05) is 18.8 Å². The maximum Gasteiger partial charge on any atom is 0.124 e. The summed E-state index contributed by atoms with van der Waals surface area (Å²) in [6, 6.07) is 5.78. The third-order valence-corrected chi connectivity index (χ3v) is 3.32. The van der Waals surface area contributed by atoms with Crippen LogP contribution in [-0.2, 0) is 0 Å². The molecule has 2 rings (SSSR count). The number of nitrogens with zero attached hydrogens (tertiary/aromatic N) is 2. The van der Waals surface area contributed by atoms with Gasteiger partial charge in [-0.05, 0) is 36.9 Å². The zero-order valence-corrected chi connectivity index (χ0v) is 8.96. The first-order valence-corrected chi connectivity index (χ1v) is 5.77. The second kappa shape index (κ2) is 4.66. The number of aromatic nitrogens is 1. The molecule has 2 heterocycles. The number of piperidine rings is 1. The van der Waals surface area contributed by atoms with E-state index >= 15 is 0 Å². The summed E-state index contributed by atoms with van der Waals surface area (Å²) in [7, 11) is 0. The minimum atomic E-state index is 0.604. The number of anilines is 1. The molecule has 1 aliphatic heterocycles. The summed E-state index contributed by atoms with van der Waals surface area (Å²) in [6.45, 7) is 2.34. The molecule has 1 fully saturated rings. The zero-order chi connectivity index (χ0) is 9.80. The van der Waals surface area contributed by atoms with Crippen LogP contribution >= 0.6 is 11.9 Å². The molecule has 1 aromatic heterocycles. The fourth-order valence-corrected chi connectivity index (χ4v) is 2.56. The molecule has 0 amide bonds. The van der Waals surface area contributed by atoms with Crippen molar-refractivity contribution in [1.29, 1.82) is 0 Å². The predicted octanol–water partition coefficient (Wildman–Crippen LogP) is 2.16. The Balaban J connectivity index is 1.95. The molecule has 0 spiro atoms. The molecule has 0 aliphatic carbocycles. The lowest BCUT2D eigenvalue weighted by Gasteiger charge is -2.24. The van der Waals surface area contributed by atoms with Gasteiger partial charge < -0.3 is 5.73 Å². The SMILES string of the molecule is Nc1cccc(SN2CCCCC2)n1.